The number of hydrogen-bond donors (Lipinski definition) is 0. The second-order valence-corrected chi connectivity index (χ2v) is 7.27. The molecule has 0 amide bonds. The lowest BCUT2D eigenvalue weighted by atomic mass is 10.1. The maximum atomic E-state index is 13.9. The minimum atomic E-state index is -0.349. The van der Waals surface area contributed by atoms with Gasteiger partial charge in [-0.05, 0) is 42.5 Å². The Balaban J connectivity index is 1.87. The second-order valence-electron chi connectivity index (χ2n) is 5.85. The number of halogens is 2. The van der Waals surface area contributed by atoms with E-state index in [4.69, 9.17) is 21.3 Å². The Labute approximate surface area is 164 Å². The lowest BCUT2D eigenvalue weighted by Crippen LogP contribution is -1.98. The molecule has 0 spiro atoms. The third-order valence-electron chi connectivity index (χ3n) is 4.08. The normalized spacial score (nSPS) is 10.9. The van der Waals surface area contributed by atoms with Gasteiger partial charge in [0.25, 0.3) is 0 Å². The summed E-state index contributed by atoms with van der Waals surface area (Å²) in [4.78, 5) is 9.08. The smallest absolute Gasteiger partial charge is 0.148 e. The molecule has 0 unspecified atom stereocenters. The SMILES string of the molecule is COc1ccc(F)cc1-c1nc(Cc2nccs2)cn1-c1ccc(Cl)cc1. The Morgan fingerprint density at radius 2 is 2.00 bits per heavy atom. The van der Waals surface area contributed by atoms with Crippen molar-refractivity contribution in [2.75, 3.05) is 7.11 Å². The topological polar surface area (TPSA) is 39.9 Å². The molecule has 0 atom stereocenters. The molecule has 4 nitrogen and oxygen atoms in total. The van der Waals surface area contributed by atoms with Crippen molar-refractivity contribution in [2.24, 2.45) is 0 Å². The van der Waals surface area contributed by atoms with Crippen LogP contribution in [0.3, 0.4) is 0 Å². The van der Waals surface area contributed by atoms with E-state index < -0.39 is 0 Å². The van der Waals surface area contributed by atoms with Crippen LogP contribution in [0.2, 0.25) is 5.02 Å². The average molecular weight is 400 g/mol. The summed E-state index contributed by atoms with van der Waals surface area (Å²) in [5.41, 5.74) is 2.29. The van der Waals surface area contributed by atoms with Gasteiger partial charge < -0.3 is 4.74 Å². The van der Waals surface area contributed by atoms with Crippen LogP contribution in [0, 0.1) is 5.82 Å². The molecule has 0 radical (unpaired) electrons. The van der Waals surface area contributed by atoms with Crippen molar-refractivity contribution < 1.29 is 9.13 Å². The molecule has 136 valence electrons. The molecule has 4 aromatic rings. The van der Waals surface area contributed by atoms with E-state index in [1.54, 1.807) is 30.7 Å². The number of thiazole rings is 1. The van der Waals surface area contributed by atoms with Crippen LogP contribution in [0.15, 0.2) is 60.2 Å². The molecule has 0 saturated carbocycles. The zero-order chi connectivity index (χ0) is 18.8. The lowest BCUT2D eigenvalue weighted by Gasteiger charge is -2.11. The number of hydrogen-bond acceptors (Lipinski definition) is 4. The van der Waals surface area contributed by atoms with Crippen LogP contribution >= 0.6 is 22.9 Å². The van der Waals surface area contributed by atoms with E-state index in [2.05, 4.69) is 4.98 Å². The molecule has 2 heterocycles. The third kappa shape index (κ3) is 3.72. The molecule has 27 heavy (non-hydrogen) atoms. The van der Waals surface area contributed by atoms with Gasteiger partial charge in [-0.1, -0.05) is 11.6 Å². The summed E-state index contributed by atoms with van der Waals surface area (Å²) in [5.74, 6) is 0.802. The summed E-state index contributed by atoms with van der Waals surface area (Å²) >= 11 is 7.60. The van der Waals surface area contributed by atoms with Gasteiger partial charge in [0.2, 0.25) is 0 Å². The number of imidazole rings is 1. The van der Waals surface area contributed by atoms with Gasteiger partial charge in [-0.15, -0.1) is 11.3 Å². The Kier molecular flexibility index (Phi) is 4.92. The van der Waals surface area contributed by atoms with Crippen LogP contribution in [0.1, 0.15) is 10.7 Å². The van der Waals surface area contributed by atoms with Crippen LogP contribution in [0.5, 0.6) is 5.75 Å². The van der Waals surface area contributed by atoms with Gasteiger partial charge in [-0.25, -0.2) is 14.4 Å². The fourth-order valence-electron chi connectivity index (χ4n) is 2.85. The summed E-state index contributed by atoms with van der Waals surface area (Å²) in [7, 11) is 1.56. The molecule has 0 saturated heterocycles. The summed E-state index contributed by atoms with van der Waals surface area (Å²) in [6.07, 6.45) is 4.31. The highest BCUT2D eigenvalue weighted by atomic mass is 35.5. The second kappa shape index (κ2) is 7.50. The van der Waals surface area contributed by atoms with Gasteiger partial charge in [0.05, 0.1) is 23.4 Å². The highest BCUT2D eigenvalue weighted by Gasteiger charge is 2.17. The Morgan fingerprint density at radius 1 is 1.19 bits per heavy atom. The zero-order valence-corrected chi connectivity index (χ0v) is 16.0. The fraction of sp³-hybridized carbons (Fsp3) is 0.100. The molecule has 0 aliphatic rings. The number of benzene rings is 2. The van der Waals surface area contributed by atoms with Gasteiger partial charge >= 0.3 is 0 Å². The zero-order valence-electron chi connectivity index (χ0n) is 14.4. The molecular weight excluding hydrogens is 385 g/mol. The standard InChI is InChI=1S/C20H15ClFN3OS/c1-26-18-7-4-14(22)10-17(18)20-24-15(11-19-23-8-9-27-19)12-25(20)16-5-2-13(21)3-6-16/h2-10,12H,11H2,1H3. The molecule has 0 bridgehead atoms. The average Bonchev–Trinajstić information content (AvgIpc) is 3.32. The minimum Gasteiger partial charge on any atom is -0.496 e. The number of nitrogens with zero attached hydrogens (tertiary/aromatic N) is 3. The first-order chi connectivity index (χ1) is 13.1. The van der Waals surface area contributed by atoms with Crippen molar-refractivity contribution in [1.29, 1.82) is 0 Å². The van der Waals surface area contributed by atoms with Crippen LogP contribution in [0.4, 0.5) is 4.39 Å². The fourth-order valence-corrected chi connectivity index (χ4v) is 3.61. The summed E-state index contributed by atoms with van der Waals surface area (Å²) in [5, 5.41) is 3.54. The number of aromatic nitrogens is 3. The lowest BCUT2D eigenvalue weighted by molar-refractivity contribution is 0.415. The van der Waals surface area contributed by atoms with Crippen molar-refractivity contribution in [1.82, 2.24) is 14.5 Å². The molecule has 0 N–H and O–H groups in total. The van der Waals surface area contributed by atoms with Gasteiger partial charge in [0.1, 0.15) is 17.4 Å². The minimum absolute atomic E-state index is 0.349. The van der Waals surface area contributed by atoms with Gasteiger partial charge in [-0.3, -0.25) is 4.57 Å². The van der Waals surface area contributed by atoms with Gasteiger partial charge in [0, 0.05) is 34.9 Å². The van der Waals surface area contributed by atoms with Crippen LogP contribution in [-0.2, 0) is 6.42 Å². The molecular formula is C20H15ClFN3OS. The van der Waals surface area contributed by atoms with E-state index in [-0.39, 0.29) is 5.82 Å². The number of rotatable bonds is 5. The summed E-state index contributed by atoms with van der Waals surface area (Å²) in [6.45, 7) is 0. The molecule has 0 aliphatic carbocycles. The predicted molar refractivity (Wildman–Crippen MR) is 105 cm³/mol. The van der Waals surface area contributed by atoms with Crippen LogP contribution in [0.25, 0.3) is 17.1 Å². The molecule has 7 heteroatoms. The van der Waals surface area contributed by atoms with Crippen molar-refractivity contribution in [3.63, 3.8) is 0 Å². The molecule has 4 rings (SSSR count). The maximum absolute atomic E-state index is 13.9. The summed E-state index contributed by atoms with van der Waals surface area (Å²) < 4.78 is 21.3. The quantitative estimate of drug-likeness (QED) is 0.452. The van der Waals surface area contributed by atoms with Gasteiger partial charge in [0.15, 0.2) is 0 Å². The molecule has 0 aliphatic heterocycles. The van der Waals surface area contributed by atoms with Crippen molar-refractivity contribution in [3.8, 4) is 22.8 Å². The van der Waals surface area contributed by atoms with Gasteiger partial charge in [-0.2, -0.15) is 0 Å². The van der Waals surface area contributed by atoms with E-state index in [0.29, 0.717) is 28.6 Å². The Hall–Kier alpha value is -2.70. The molecule has 0 fully saturated rings. The first-order valence-corrected chi connectivity index (χ1v) is 9.46. The summed E-state index contributed by atoms with van der Waals surface area (Å²) in [6, 6.07) is 11.8. The highest BCUT2D eigenvalue weighted by Crippen LogP contribution is 2.32. The van der Waals surface area contributed by atoms with Crippen LogP contribution < -0.4 is 4.74 Å². The molecule has 2 aromatic heterocycles. The van der Waals surface area contributed by atoms with E-state index in [1.807, 2.05) is 40.4 Å². The predicted octanol–water partition coefficient (Wildman–Crippen LogP) is 5.39. The third-order valence-corrected chi connectivity index (χ3v) is 5.11. The first kappa shape index (κ1) is 17.7. The van der Waals surface area contributed by atoms with Crippen molar-refractivity contribution in [3.05, 3.63) is 81.8 Å². The van der Waals surface area contributed by atoms with E-state index in [9.17, 15) is 4.39 Å². The Bertz CT molecular complexity index is 1060. The van der Waals surface area contributed by atoms with Crippen molar-refractivity contribution in [2.45, 2.75) is 6.42 Å². The largest absolute Gasteiger partial charge is 0.496 e. The monoisotopic (exact) mass is 399 g/mol. The number of methoxy groups -OCH3 is 1. The van der Waals surface area contributed by atoms with Crippen LogP contribution in [-0.4, -0.2) is 21.6 Å². The van der Waals surface area contributed by atoms with E-state index >= 15 is 0 Å². The van der Waals surface area contributed by atoms with E-state index in [0.717, 1.165) is 16.4 Å². The molecule has 2 aromatic carbocycles. The van der Waals surface area contributed by atoms with Crippen molar-refractivity contribution >= 4 is 22.9 Å². The Morgan fingerprint density at radius 3 is 2.70 bits per heavy atom. The number of ether oxygens (including phenoxy) is 1. The van der Waals surface area contributed by atoms with E-state index in [1.165, 1.54) is 12.1 Å². The first-order valence-electron chi connectivity index (χ1n) is 8.20. The maximum Gasteiger partial charge on any atom is 0.148 e. The highest BCUT2D eigenvalue weighted by molar-refractivity contribution is 7.09.